The van der Waals surface area contributed by atoms with Crippen molar-refractivity contribution in [2.24, 2.45) is 17.6 Å². The molecule has 2 atom stereocenters. The fourth-order valence-electron chi connectivity index (χ4n) is 2.53. The molecule has 0 saturated heterocycles. The van der Waals surface area contributed by atoms with Gasteiger partial charge in [0, 0.05) is 5.69 Å². The lowest BCUT2D eigenvalue weighted by Gasteiger charge is -2.22. The number of hydrogen-bond acceptors (Lipinski definition) is 2. The normalized spacial score (nSPS) is 14.8. The Hall–Kier alpha value is -1.02. The van der Waals surface area contributed by atoms with Crippen molar-refractivity contribution in [2.75, 3.05) is 12.3 Å². The lowest BCUT2D eigenvalue weighted by Crippen LogP contribution is -2.20. The van der Waals surface area contributed by atoms with Crippen molar-refractivity contribution in [2.45, 2.75) is 46.5 Å². The van der Waals surface area contributed by atoms with E-state index in [0.717, 1.165) is 12.2 Å². The maximum absolute atomic E-state index is 5.88. The van der Waals surface area contributed by atoms with E-state index in [2.05, 4.69) is 39.8 Å². The Kier molecular flexibility index (Phi) is 5.67. The van der Waals surface area contributed by atoms with E-state index in [1.54, 1.807) is 0 Å². The number of benzene rings is 1. The minimum Gasteiger partial charge on any atom is -0.399 e. The molecule has 0 spiro atoms. The first-order chi connectivity index (χ1) is 8.45. The summed E-state index contributed by atoms with van der Waals surface area (Å²) in [5.74, 6) is 1.86. The predicted octanol–water partition coefficient (Wildman–Crippen LogP) is 3.69. The zero-order valence-electron chi connectivity index (χ0n) is 12.2. The molecule has 0 amide bonds. The summed E-state index contributed by atoms with van der Waals surface area (Å²) in [7, 11) is 0. The van der Waals surface area contributed by atoms with Crippen LogP contribution in [0.25, 0.3) is 0 Å². The Morgan fingerprint density at radius 2 is 1.78 bits per heavy atom. The van der Waals surface area contributed by atoms with E-state index in [-0.39, 0.29) is 0 Å². The topological polar surface area (TPSA) is 52.0 Å². The van der Waals surface area contributed by atoms with Gasteiger partial charge in [-0.05, 0) is 67.3 Å². The van der Waals surface area contributed by atoms with Crippen molar-refractivity contribution >= 4 is 5.69 Å². The van der Waals surface area contributed by atoms with Crippen molar-refractivity contribution in [3.05, 3.63) is 29.3 Å². The van der Waals surface area contributed by atoms with Crippen LogP contribution in [0.4, 0.5) is 5.69 Å². The molecule has 2 heteroatoms. The first kappa shape index (κ1) is 15.0. The van der Waals surface area contributed by atoms with E-state index >= 15 is 0 Å². The predicted molar refractivity (Wildman–Crippen MR) is 80.6 cm³/mol. The average molecular weight is 248 g/mol. The molecule has 1 rings (SSSR count). The molecule has 0 aliphatic heterocycles. The Morgan fingerprint density at radius 1 is 1.11 bits per heavy atom. The molecule has 0 fully saturated rings. The highest BCUT2D eigenvalue weighted by Gasteiger charge is 2.15. The lowest BCUT2D eigenvalue weighted by atomic mass is 9.85. The van der Waals surface area contributed by atoms with Crippen LogP contribution in [0.5, 0.6) is 0 Å². The quantitative estimate of drug-likeness (QED) is 0.754. The molecule has 0 aliphatic carbocycles. The van der Waals surface area contributed by atoms with Crippen molar-refractivity contribution in [1.82, 2.24) is 0 Å². The van der Waals surface area contributed by atoms with Gasteiger partial charge in [-0.2, -0.15) is 0 Å². The van der Waals surface area contributed by atoms with Crippen molar-refractivity contribution in [3.8, 4) is 0 Å². The van der Waals surface area contributed by atoms with Gasteiger partial charge < -0.3 is 11.5 Å². The molecule has 0 bridgehead atoms. The van der Waals surface area contributed by atoms with E-state index in [1.165, 1.54) is 24.0 Å². The lowest BCUT2D eigenvalue weighted by molar-refractivity contribution is 0.350. The van der Waals surface area contributed by atoms with Gasteiger partial charge >= 0.3 is 0 Å². The third kappa shape index (κ3) is 4.02. The van der Waals surface area contributed by atoms with Crippen LogP contribution in [0.3, 0.4) is 0 Å². The first-order valence-electron chi connectivity index (χ1n) is 7.01. The molecule has 0 aliphatic rings. The number of nitrogens with two attached hydrogens (primary N) is 2. The Labute approximate surface area is 112 Å². The molecule has 1 aromatic carbocycles. The van der Waals surface area contributed by atoms with E-state index < -0.39 is 0 Å². The summed E-state index contributed by atoms with van der Waals surface area (Å²) < 4.78 is 0. The maximum Gasteiger partial charge on any atom is 0.0317 e. The molecule has 0 radical (unpaired) electrons. The second kappa shape index (κ2) is 6.79. The van der Waals surface area contributed by atoms with E-state index in [0.29, 0.717) is 17.8 Å². The van der Waals surface area contributed by atoms with Crippen LogP contribution in [0.2, 0.25) is 0 Å². The molecular formula is C16H28N2. The summed E-state index contributed by atoms with van der Waals surface area (Å²) in [6.45, 7) is 9.76. The van der Waals surface area contributed by atoms with Crippen molar-refractivity contribution in [3.63, 3.8) is 0 Å². The van der Waals surface area contributed by atoms with Gasteiger partial charge in [0.25, 0.3) is 0 Å². The van der Waals surface area contributed by atoms with E-state index in [9.17, 15) is 0 Å². The van der Waals surface area contributed by atoms with Gasteiger partial charge in [0.2, 0.25) is 0 Å². The molecule has 18 heavy (non-hydrogen) atoms. The maximum atomic E-state index is 5.88. The first-order valence-corrected chi connectivity index (χ1v) is 7.01. The van der Waals surface area contributed by atoms with Crippen LogP contribution in [0.15, 0.2) is 18.2 Å². The molecule has 1 aromatic rings. The van der Waals surface area contributed by atoms with Crippen LogP contribution in [-0.2, 0) is 0 Å². The van der Waals surface area contributed by atoms with Gasteiger partial charge in [-0.15, -0.1) is 0 Å². The third-order valence-electron chi connectivity index (χ3n) is 4.05. The molecule has 4 N–H and O–H groups in total. The second-order valence-corrected chi connectivity index (χ2v) is 5.83. The number of nitrogen functional groups attached to an aromatic ring is 1. The molecule has 2 nitrogen and oxygen atoms in total. The molecule has 0 saturated carbocycles. The standard InChI is InChI=1S/C16H28N2/c1-11(2)14(10-17)7-5-12(3)16-9-15(18)8-6-13(16)4/h6,8-9,11-12,14H,5,7,10,17-18H2,1-4H3. The van der Waals surface area contributed by atoms with Gasteiger partial charge in [0.05, 0.1) is 0 Å². The minimum atomic E-state index is 0.557. The fraction of sp³-hybridized carbons (Fsp3) is 0.625. The Balaban J connectivity index is 2.65. The van der Waals surface area contributed by atoms with E-state index in [1.807, 2.05) is 6.07 Å². The molecule has 0 heterocycles. The molecule has 0 aromatic heterocycles. The highest BCUT2D eigenvalue weighted by molar-refractivity contribution is 5.45. The molecule has 102 valence electrons. The summed E-state index contributed by atoms with van der Waals surface area (Å²) in [6.07, 6.45) is 2.38. The Bertz CT molecular complexity index is 371. The van der Waals surface area contributed by atoms with Gasteiger partial charge in [-0.1, -0.05) is 26.8 Å². The van der Waals surface area contributed by atoms with Crippen LogP contribution in [0, 0.1) is 18.8 Å². The summed E-state index contributed by atoms with van der Waals surface area (Å²) in [5.41, 5.74) is 15.3. The molecular weight excluding hydrogens is 220 g/mol. The number of rotatable bonds is 6. The molecule has 2 unspecified atom stereocenters. The van der Waals surface area contributed by atoms with Crippen LogP contribution >= 0.6 is 0 Å². The smallest absolute Gasteiger partial charge is 0.0317 e. The van der Waals surface area contributed by atoms with Gasteiger partial charge in [0.15, 0.2) is 0 Å². The monoisotopic (exact) mass is 248 g/mol. The van der Waals surface area contributed by atoms with Crippen LogP contribution < -0.4 is 11.5 Å². The number of hydrogen-bond donors (Lipinski definition) is 2. The van der Waals surface area contributed by atoms with Crippen molar-refractivity contribution in [1.29, 1.82) is 0 Å². The Morgan fingerprint density at radius 3 is 2.33 bits per heavy atom. The summed E-state index contributed by atoms with van der Waals surface area (Å²) in [5, 5.41) is 0. The summed E-state index contributed by atoms with van der Waals surface area (Å²) in [6, 6.07) is 6.21. The summed E-state index contributed by atoms with van der Waals surface area (Å²) >= 11 is 0. The third-order valence-corrected chi connectivity index (χ3v) is 4.05. The zero-order chi connectivity index (χ0) is 13.7. The van der Waals surface area contributed by atoms with Crippen molar-refractivity contribution < 1.29 is 0 Å². The van der Waals surface area contributed by atoms with Crippen LogP contribution in [0.1, 0.15) is 50.7 Å². The summed E-state index contributed by atoms with van der Waals surface area (Å²) in [4.78, 5) is 0. The average Bonchev–Trinajstić information content (AvgIpc) is 2.32. The number of aryl methyl sites for hydroxylation is 1. The van der Waals surface area contributed by atoms with Gasteiger partial charge in [-0.25, -0.2) is 0 Å². The highest BCUT2D eigenvalue weighted by Crippen LogP contribution is 2.28. The second-order valence-electron chi connectivity index (χ2n) is 5.83. The number of anilines is 1. The van der Waals surface area contributed by atoms with Gasteiger partial charge in [-0.3, -0.25) is 0 Å². The van der Waals surface area contributed by atoms with Gasteiger partial charge in [0.1, 0.15) is 0 Å². The largest absolute Gasteiger partial charge is 0.399 e. The van der Waals surface area contributed by atoms with E-state index in [4.69, 9.17) is 11.5 Å². The fourth-order valence-corrected chi connectivity index (χ4v) is 2.53. The zero-order valence-corrected chi connectivity index (χ0v) is 12.2. The van der Waals surface area contributed by atoms with Crippen LogP contribution in [-0.4, -0.2) is 6.54 Å². The minimum absolute atomic E-state index is 0.557. The highest BCUT2D eigenvalue weighted by atomic mass is 14.6. The SMILES string of the molecule is Cc1ccc(N)cc1C(C)CCC(CN)C(C)C.